The van der Waals surface area contributed by atoms with E-state index in [0.29, 0.717) is 6.42 Å². The van der Waals surface area contributed by atoms with E-state index in [1.807, 2.05) is 32.8 Å². The maximum absolute atomic E-state index is 13.0. The number of rotatable bonds is 7. The molecule has 1 aromatic carbocycles. The Bertz CT molecular complexity index is 1110. The van der Waals surface area contributed by atoms with E-state index in [4.69, 9.17) is 0 Å². The molecule has 0 bridgehead atoms. The van der Waals surface area contributed by atoms with Crippen LogP contribution in [0.4, 0.5) is 10.5 Å². The molecule has 1 radical (unpaired) electrons. The van der Waals surface area contributed by atoms with Crippen LogP contribution in [0.5, 0.6) is 0 Å². The number of fused-ring (bicyclic) bond motifs is 2. The molecule has 0 saturated heterocycles. The minimum Gasteiger partial charge on any atom is -0.309 e. The first kappa shape index (κ1) is 26.2. The van der Waals surface area contributed by atoms with Crippen molar-refractivity contribution in [2.45, 2.75) is 69.9 Å². The summed E-state index contributed by atoms with van der Waals surface area (Å²) in [6.07, 6.45) is 6.66. The zero-order chi connectivity index (χ0) is 23.0. The normalized spacial score (nSPS) is 14.8. The molecule has 2 N–H and O–H groups in total. The number of carbonyl (C=O) groups is 1. The number of benzene rings is 1. The van der Waals surface area contributed by atoms with Crippen molar-refractivity contribution in [3.8, 4) is 0 Å². The summed E-state index contributed by atoms with van der Waals surface area (Å²) in [4.78, 5) is 14.8. The predicted octanol–water partition coefficient (Wildman–Crippen LogP) is 2.68. The van der Waals surface area contributed by atoms with Crippen LogP contribution in [0.2, 0.25) is 0 Å². The minimum absolute atomic E-state index is 0. The molecule has 0 unspecified atom stereocenters. The van der Waals surface area contributed by atoms with Crippen molar-refractivity contribution in [3.05, 3.63) is 40.1 Å². The molecule has 2 aromatic rings. The Hall–Kier alpha value is -1.39. The molecule has 2 amide bonds. The van der Waals surface area contributed by atoms with Crippen molar-refractivity contribution in [1.29, 1.82) is 0 Å². The van der Waals surface area contributed by atoms with Crippen LogP contribution in [0.3, 0.4) is 0 Å². The zero-order valence-corrected chi connectivity index (χ0v) is 23.2. The van der Waals surface area contributed by atoms with E-state index in [2.05, 4.69) is 21.2 Å². The van der Waals surface area contributed by atoms with Crippen LogP contribution in [0.1, 0.15) is 60.7 Å². The summed E-state index contributed by atoms with van der Waals surface area (Å²) >= 11 is 0. The Morgan fingerprint density at radius 2 is 1.70 bits per heavy atom. The maximum atomic E-state index is 13.0. The van der Waals surface area contributed by atoms with Gasteiger partial charge in [0.1, 0.15) is 0 Å². The third-order valence-corrected chi connectivity index (χ3v) is 7.51. The van der Waals surface area contributed by atoms with Gasteiger partial charge in [0, 0.05) is 66.0 Å². The topological polar surface area (TPSA) is 96.3 Å². The van der Waals surface area contributed by atoms with Gasteiger partial charge in [-0.1, -0.05) is 6.07 Å². The summed E-state index contributed by atoms with van der Waals surface area (Å²) in [5.41, 5.74) is 6.53. The third kappa shape index (κ3) is 5.65. The van der Waals surface area contributed by atoms with Crippen LogP contribution in [0.15, 0.2) is 17.2 Å². The summed E-state index contributed by atoms with van der Waals surface area (Å²) in [7, 11) is -0.151. The van der Waals surface area contributed by atoms with Crippen LogP contribution >= 0.6 is 0 Å². The Labute approximate surface area is 218 Å². The van der Waals surface area contributed by atoms with Gasteiger partial charge in [0.25, 0.3) is 10.0 Å². The molecule has 2 aliphatic carbocycles. The number of amides is 2. The number of urea groups is 1. The number of sulfonamides is 1. The van der Waals surface area contributed by atoms with Crippen molar-refractivity contribution in [2.75, 3.05) is 26.0 Å². The van der Waals surface area contributed by atoms with Crippen LogP contribution < -0.4 is 10.0 Å². The Balaban J connectivity index is 0.00000306. The van der Waals surface area contributed by atoms with Gasteiger partial charge in [-0.25, -0.2) is 9.52 Å². The second-order valence-corrected chi connectivity index (χ2v) is 11.0. The molecular formula is C23H33N5NaO3S. The number of nitrogens with zero attached hydrogens (tertiary/aromatic N) is 3. The fraction of sp³-hybridized carbons (Fsp3) is 0.565. The zero-order valence-electron chi connectivity index (χ0n) is 20.4. The molecule has 8 nitrogen and oxygen atoms in total. The van der Waals surface area contributed by atoms with Gasteiger partial charge in [-0.15, -0.1) is 0 Å². The van der Waals surface area contributed by atoms with Crippen molar-refractivity contribution in [3.63, 3.8) is 0 Å². The van der Waals surface area contributed by atoms with E-state index in [9.17, 15) is 13.2 Å². The number of aromatic nitrogens is 2. The molecule has 175 valence electrons. The standard InChI is InChI=1S/C23H33N5O3S.Na/c1-15(2)28-18(11-12-27(3)4)14-21(25-28)32(30,31)26-23(29)24-22-19-9-5-7-16(19)13-17-8-6-10-20(17)22;/h13-15H,5-12H2,1-4H3,(H2,24,26,29);. The summed E-state index contributed by atoms with van der Waals surface area (Å²) in [6.45, 7) is 4.69. The SMILES string of the molecule is CC(C)n1nc(S(=O)(=O)NC(=O)Nc2c3c(cc4c2CCC4)CCC3)cc1CCN(C)C.[Na]. The number of aryl methyl sites for hydroxylation is 2. The number of carbonyl (C=O) groups excluding carboxylic acids is 1. The average molecular weight is 483 g/mol. The fourth-order valence-corrected chi connectivity index (χ4v) is 5.68. The van der Waals surface area contributed by atoms with Gasteiger partial charge < -0.3 is 10.2 Å². The molecule has 4 rings (SSSR count). The number of hydrogen-bond acceptors (Lipinski definition) is 5. The van der Waals surface area contributed by atoms with Gasteiger partial charge in [-0.2, -0.15) is 13.5 Å². The monoisotopic (exact) mass is 482 g/mol. The van der Waals surface area contributed by atoms with Crippen LogP contribution in [-0.2, 0) is 42.1 Å². The fourth-order valence-electron chi connectivity index (χ4n) is 4.79. The molecule has 0 fully saturated rings. The first-order valence-electron chi connectivity index (χ1n) is 11.4. The second kappa shape index (κ2) is 10.5. The first-order valence-corrected chi connectivity index (χ1v) is 12.9. The summed E-state index contributed by atoms with van der Waals surface area (Å²) in [5, 5.41) is 7.06. The summed E-state index contributed by atoms with van der Waals surface area (Å²) in [6, 6.07) is 3.13. The second-order valence-electron chi connectivity index (χ2n) is 9.36. The number of anilines is 1. The van der Waals surface area contributed by atoms with Gasteiger partial charge in [0.2, 0.25) is 0 Å². The smallest absolute Gasteiger partial charge is 0.309 e. The average Bonchev–Trinajstić information content (AvgIpc) is 3.44. The molecule has 1 heterocycles. The van der Waals surface area contributed by atoms with Crippen molar-refractivity contribution < 1.29 is 13.2 Å². The van der Waals surface area contributed by atoms with Crippen molar-refractivity contribution in [1.82, 2.24) is 19.4 Å². The molecule has 0 saturated carbocycles. The largest absolute Gasteiger partial charge is 0.333 e. The number of likely N-dealkylation sites (N-methyl/N-ethyl adjacent to an activating group) is 1. The Morgan fingerprint density at radius 3 is 2.24 bits per heavy atom. The number of nitrogens with one attached hydrogen (secondary N) is 2. The molecule has 1 aromatic heterocycles. The molecule has 33 heavy (non-hydrogen) atoms. The number of hydrogen-bond donors (Lipinski definition) is 2. The van der Waals surface area contributed by atoms with Crippen molar-refractivity contribution in [2.24, 2.45) is 0 Å². The van der Waals surface area contributed by atoms with Crippen LogP contribution in [0.25, 0.3) is 0 Å². The van der Waals surface area contributed by atoms with E-state index in [1.165, 1.54) is 11.1 Å². The molecule has 0 aliphatic heterocycles. The van der Waals surface area contributed by atoms with Gasteiger partial charge in [0.05, 0.1) is 0 Å². The van der Waals surface area contributed by atoms with E-state index < -0.39 is 16.1 Å². The predicted molar refractivity (Wildman–Crippen MR) is 130 cm³/mol. The first-order chi connectivity index (χ1) is 15.2. The Morgan fingerprint density at radius 1 is 1.09 bits per heavy atom. The molecular weight excluding hydrogens is 449 g/mol. The quantitative estimate of drug-likeness (QED) is 0.592. The van der Waals surface area contributed by atoms with Gasteiger partial charge in [0.15, 0.2) is 5.03 Å². The third-order valence-electron chi connectivity index (χ3n) is 6.31. The van der Waals surface area contributed by atoms with E-state index in [1.54, 1.807) is 10.7 Å². The molecule has 0 atom stereocenters. The molecule has 10 heteroatoms. The van der Waals surface area contributed by atoms with Crippen molar-refractivity contribution >= 4 is 51.3 Å². The van der Waals surface area contributed by atoms with E-state index in [-0.39, 0.29) is 40.6 Å². The van der Waals surface area contributed by atoms with Gasteiger partial charge >= 0.3 is 6.03 Å². The van der Waals surface area contributed by atoms with Gasteiger partial charge in [-0.3, -0.25) is 4.68 Å². The van der Waals surface area contributed by atoms with Gasteiger partial charge in [-0.05, 0) is 88.7 Å². The van der Waals surface area contributed by atoms with Crippen LogP contribution in [-0.4, -0.2) is 79.3 Å². The van der Waals surface area contributed by atoms with Crippen LogP contribution in [0, 0.1) is 0 Å². The summed E-state index contributed by atoms with van der Waals surface area (Å²) < 4.78 is 29.8. The maximum Gasteiger partial charge on any atom is 0.333 e. The summed E-state index contributed by atoms with van der Waals surface area (Å²) in [5.74, 6) is 0. The van der Waals surface area contributed by atoms with E-state index >= 15 is 0 Å². The molecule has 2 aliphatic rings. The minimum atomic E-state index is -4.09. The van der Waals surface area contributed by atoms with E-state index in [0.717, 1.165) is 67.6 Å². The molecule has 0 spiro atoms. The Kier molecular flexibility index (Phi) is 8.32.